The maximum Gasteiger partial charge on any atom is 0.164 e. The van der Waals surface area contributed by atoms with E-state index in [1.165, 1.54) is 38.3 Å². The van der Waals surface area contributed by atoms with Crippen LogP contribution in [-0.2, 0) is 0 Å². The van der Waals surface area contributed by atoms with E-state index in [2.05, 4.69) is 168 Å². The van der Waals surface area contributed by atoms with Crippen LogP contribution in [-0.4, -0.2) is 19.5 Å². The fraction of sp³-hybridized carbons (Fsp3) is 0. The second-order valence-electron chi connectivity index (χ2n) is 13.3. The molecule has 0 bridgehead atoms. The van der Waals surface area contributed by atoms with Crippen LogP contribution in [0, 0.1) is 0 Å². The van der Waals surface area contributed by atoms with E-state index < -0.39 is 0 Å². The lowest BCUT2D eigenvalue weighted by Crippen LogP contribution is -2.00. The number of benzene rings is 8. The minimum atomic E-state index is 0.637. The number of fused-ring (bicyclic) bond motifs is 4. The van der Waals surface area contributed by atoms with Gasteiger partial charge in [-0.3, -0.25) is 0 Å². The standard InChI is InChI=1S/C49H32N4/c1-3-13-33(14-4-1)39-29-30-46-43(32-39)42-20-10-12-22-45(42)53(46)44-21-11-9-19-41(44)35-24-26-37(27-25-35)48-50-47(36-16-5-2-6-17-36)51-49(52-48)40-28-23-34-15-7-8-18-38(34)31-40/h1-32H. The van der Waals surface area contributed by atoms with E-state index in [-0.39, 0.29) is 0 Å². The van der Waals surface area contributed by atoms with Crippen LogP contribution in [0.25, 0.3) is 94.7 Å². The number of nitrogens with zero attached hydrogens (tertiary/aromatic N) is 4. The summed E-state index contributed by atoms with van der Waals surface area (Å²) in [6, 6.07) is 68.2. The molecule has 2 heterocycles. The minimum absolute atomic E-state index is 0.637. The van der Waals surface area contributed by atoms with Crippen molar-refractivity contribution in [2.75, 3.05) is 0 Å². The first-order chi connectivity index (χ1) is 26.3. The largest absolute Gasteiger partial charge is 0.309 e. The van der Waals surface area contributed by atoms with Crippen LogP contribution in [0.15, 0.2) is 194 Å². The lowest BCUT2D eigenvalue weighted by atomic mass is 10.0. The summed E-state index contributed by atoms with van der Waals surface area (Å²) in [5.41, 5.74) is 11.0. The van der Waals surface area contributed by atoms with Crippen molar-refractivity contribution >= 4 is 32.6 Å². The Morgan fingerprint density at radius 2 is 0.830 bits per heavy atom. The van der Waals surface area contributed by atoms with Crippen LogP contribution in [0.2, 0.25) is 0 Å². The van der Waals surface area contributed by atoms with E-state index in [9.17, 15) is 0 Å². The number of para-hydroxylation sites is 2. The molecule has 248 valence electrons. The van der Waals surface area contributed by atoms with Crippen molar-refractivity contribution in [3.63, 3.8) is 0 Å². The summed E-state index contributed by atoms with van der Waals surface area (Å²) in [5.74, 6) is 1.93. The highest BCUT2D eigenvalue weighted by molar-refractivity contribution is 6.11. The normalized spacial score (nSPS) is 11.4. The van der Waals surface area contributed by atoms with Crippen LogP contribution in [0.3, 0.4) is 0 Å². The zero-order valence-corrected chi connectivity index (χ0v) is 28.8. The highest BCUT2D eigenvalue weighted by atomic mass is 15.0. The first-order valence-corrected chi connectivity index (χ1v) is 17.9. The van der Waals surface area contributed by atoms with Gasteiger partial charge >= 0.3 is 0 Å². The van der Waals surface area contributed by atoms with Crippen molar-refractivity contribution in [3.8, 4) is 62.1 Å². The maximum absolute atomic E-state index is 5.04. The molecule has 0 spiro atoms. The van der Waals surface area contributed by atoms with Gasteiger partial charge in [0.25, 0.3) is 0 Å². The molecule has 0 N–H and O–H groups in total. The Morgan fingerprint density at radius 3 is 1.60 bits per heavy atom. The Labute approximate surface area is 307 Å². The van der Waals surface area contributed by atoms with E-state index in [1.807, 2.05) is 30.3 Å². The zero-order chi connectivity index (χ0) is 35.1. The van der Waals surface area contributed by atoms with Crippen molar-refractivity contribution in [1.29, 1.82) is 0 Å². The molecule has 0 saturated carbocycles. The molecule has 0 aliphatic rings. The summed E-state index contributed by atoms with van der Waals surface area (Å²) in [4.78, 5) is 15.0. The monoisotopic (exact) mass is 676 g/mol. The van der Waals surface area contributed by atoms with Gasteiger partial charge in [0.05, 0.1) is 16.7 Å². The molecule has 0 unspecified atom stereocenters. The van der Waals surface area contributed by atoms with Gasteiger partial charge in [-0.2, -0.15) is 0 Å². The third-order valence-electron chi connectivity index (χ3n) is 10.1. The SMILES string of the molecule is c1ccc(-c2ccc3c(c2)c2ccccc2n3-c2ccccc2-c2ccc(-c3nc(-c4ccccc4)nc(-c4ccc5ccccc5c4)n3)cc2)cc1. The smallest absolute Gasteiger partial charge is 0.164 e. The van der Waals surface area contributed by atoms with Crippen molar-refractivity contribution < 1.29 is 0 Å². The maximum atomic E-state index is 5.04. The Kier molecular flexibility index (Phi) is 7.43. The van der Waals surface area contributed by atoms with Crippen LogP contribution in [0.1, 0.15) is 0 Å². The van der Waals surface area contributed by atoms with Crippen LogP contribution in [0.5, 0.6) is 0 Å². The third kappa shape index (κ3) is 5.54. The van der Waals surface area contributed by atoms with E-state index >= 15 is 0 Å². The number of aromatic nitrogens is 4. The number of hydrogen-bond acceptors (Lipinski definition) is 3. The van der Waals surface area contributed by atoms with Gasteiger partial charge in [0.15, 0.2) is 17.5 Å². The molecule has 10 aromatic rings. The first-order valence-electron chi connectivity index (χ1n) is 17.9. The van der Waals surface area contributed by atoms with E-state index in [1.54, 1.807) is 0 Å². The molecule has 53 heavy (non-hydrogen) atoms. The van der Waals surface area contributed by atoms with Gasteiger partial charge in [0.1, 0.15) is 0 Å². The molecule has 4 heteroatoms. The van der Waals surface area contributed by atoms with Crippen LogP contribution >= 0.6 is 0 Å². The summed E-state index contributed by atoms with van der Waals surface area (Å²) in [6.07, 6.45) is 0. The molecule has 0 atom stereocenters. The summed E-state index contributed by atoms with van der Waals surface area (Å²) < 4.78 is 2.40. The summed E-state index contributed by atoms with van der Waals surface area (Å²) in [7, 11) is 0. The van der Waals surface area contributed by atoms with Crippen molar-refractivity contribution in [2.24, 2.45) is 0 Å². The average Bonchev–Trinajstić information content (AvgIpc) is 3.57. The van der Waals surface area contributed by atoms with Gasteiger partial charge in [0.2, 0.25) is 0 Å². The fourth-order valence-electron chi connectivity index (χ4n) is 7.43. The molecule has 2 aromatic heterocycles. The Bertz CT molecular complexity index is 2930. The van der Waals surface area contributed by atoms with Gasteiger partial charge in [-0.15, -0.1) is 0 Å². The fourth-order valence-corrected chi connectivity index (χ4v) is 7.43. The van der Waals surface area contributed by atoms with Crippen molar-refractivity contribution in [2.45, 2.75) is 0 Å². The molecule has 8 aromatic carbocycles. The van der Waals surface area contributed by atoms with Crippen molar-refractivity contribution in [3.05, 3.63) is 194 Å². The predicted octanol–water partition coefficient (Wildman–Crippen LogP) is 12.5. The second kappa shape index (κ2) is 12.9. The Morgan fingerprint density at radius 1 is 0.302 bits per heavy atom. The topological polar surface area (TPSA) is 43.6 Å². The minimum Gasteiger partial charge on any atom is -0.309 e. The van der Waals surface area contributed by atoms with Gasteiger partial charge in [-0.05, 0) is 57.8 Å². The lowest BCUT2D eigenvalue weighted by molar-refractivity contribution is 1.07. The molecular weight excluding hydrogens is 645 g/mol. The third-order valence-corrected chi connectivity index (χ3v) is 10.1. The summed E-state index contributed by atoms with van der Waals surface area (Å²) in [6.45, 7) is 0. The molecule has 0 radical (unpaired) electrons. The average molecular weight is 677 g/mol. The van der Waals surface area contributed by atoms with E-state index in [0.717, 1.165) is 38.9 Å². The second-order valence-corrected chi connectivity index (χ2v) is 13.3. The molecule has 0 saturated heterocycles. The van der Waals surface area contributed by atoms with Gasteiger partial charge in [-0.1, -0.05) is 164 Å². The number of hydrogen-bond donors (Lipinski definition) is 0. The van der Waals surface area contributed by atoms with E-state index in [0.29, 0.717) is 17.5 Å². The molecular formula is C49H32N4. The van der Waals surface area contributed by atoms with Gasteiger partial charge in [0, 0.05) is 33.0 Å². The quantitative estimate of drug-likeness (QED) is 0.176. The van der Waals surface area contributed by atoms with Crippen LogP contribution < -0.4 is 0 Å². The van der Waals surface area contributed by atoms with Gasteiger partial charge < -0.3 is 4.57 Å². The van der Waals surface area contributed by atoms with Crippen molar-refractivity contribution in [1.82, 2.24) is 19.5 Å². The molecule has 0 fully saturated rings. The predicted molar refractivity (Wildman–Crippen MR) is 219 cm³/mol. The zero-order valence-electron chi connectivity index (χ0n) is 28.8. The molecule has 4 nitrogen and oxygen atoms in total. The summed E-state index contributed by atoms with van der Waals surface area (Å²) >= 11 is 0. The van der Waals surface area contributed by atoms with Crippen LogP contribution in [0.4, 0.5) is 0 Å². The lowest BCUT2D eigenvalue weighted by Gasteiger charge is -2.15. The first kappa shape index (κ1) is 30.6. The molecule has 0 aliphatic heterocycles. The number of rotatable bonds is 6. The highest BCUT2D eigenvalue weighted by Gasteiger charge is 2.17. The Balaban J connectivity index is 1.08. The molecule has 0 amide bonds. The Hall–Kier alpha value is -7.17. The van der Waals surface area contributed by atoms with Gasteiger partial charge in [-0.25, -0.2) is 15.0 Å². The molecule has 10 rings (SSSR count). The van der Waals surface area contributed by atoms with E-state index in [4.69, 9.17) is 15.0 Å². The highest BCUT2D eigenvalue weighted by Crippen LogP contribution is 2.38. The molecule has 0 aliphatic carbocycles. The summed E-state index contributed by atoms with van der Waals surface area (Å²) in [5, 5.41) is 4.80.